The third-order valence-electron chi connectivity index (χ3n) is 4.31. The summed E-state index contributed by atoms with van der Waals surface area (Å²) >= 11 is 3.44. The van der Waals surface area contributed by atoms with Crippen molar-refractivity contribution in [2.24, 2.45) is 0 Å². The molecular weight excluding hydrogens is 418 g/mol. The topological polar surface area (TPSA) is 64.7 Å². The molecule has 7 heteroatoms. The lowest BCUT2D eigenvalue weighted by atomic mass is 10.1. The summed E-state index contributed by atoms with van der Waals surface area (Å²) in [4.78, 5) is 12.6. The second kappa shape index (κ2) is 8.22. The SMILES string of the molecule is O=C(Nc1ccnn1CCc1ccccc1)c1ccn(-c2cccc(Br)c2)n1. The maximum atomic E-state index is 12.6. The van der Waals surface area contributed by atoms with Gasteiger partial charge in [-0.05, 0) is 36.2 Å². The van der Waals surface area contributed by atoms with E-state index < -0.39 is 0 Å². The number of aryl methyl sites for hydroxylation is 2. The number of nitrogens with one attached hydrogen (secondary N) is 1. The van der Waals surface area contributed by atoms with Crippen LogP contribution in [0.25, 0.3) is 5.69 Å². The molecule has 2 heterocycles. The molecule has 2 aromatic carbocycles. The number of benzene rings is 2. The lowest BCUT2D eigenvalue weighted by molar-refractivity contribution is 0.102. The molecule has 0 spiro atoms. The smallest absolute Gasteiger partial charge is 0.277 e. The summed E-state index contributed by atoms with van der Waals surface area (Å²) in [6.45, 7) is 0.680. The van der Waals surface area contributed by atoms with Crippen LogP contribution in [-0.4, -0.2) is 25.5 Å². The van der Waals surface area contributed by atoms with Gasteiger partial charge in [-0.15, -0.1) is 0 Å². The highest BCUT2D eigenvalue weighted by Gasteiger charge is 2.13. The second-order valence-electron chi connectivity index (χ2n) is 6.25. The highest BCUT2D eigenvalue weighted by Crippen LogP contribution is 2.16. The first-order valence-corrected chi connectivity index (χ1v) is 9.67. The van der Waals surface area contributed by atoms with Gasteiger partial charge in [0.05, 0.1) is 11.9 Å². The average molecular weight is 436 g/mol. The molecule has 0 atom stereocenters. The van der Waals surface area contributed by atoms with Crippen LogP contribution in [0.3, 0.4) is 0 Å². The highest BCUT2D eigenvalue weighted by molar-refractivity contribution is 9.10. The minimum absolute atomic E-state index is 0.268. The fourth-order valence-electron chi connectivity index (χ4n) is 2.88. The van der Waals surface area contributed by atoms with E-state index in [-0.39, 0.29) is 5.91 Å². The van der Waals surface area contributed by atoms with Crippen LogP contribution in [0.5, 0.6) is 0 Å². The van der Waals surface area contributed by atoms with E-state index in [1.807, 2.05) is 42.5 Å². The molecule has 28 heavy (non-hydrogen) atoms. The fourth-order valence-corrected chi connectivity index (χ4v) is 3.27. The number of amides is 1. The third-order valence-corrected chi connectivity index (χ3v) is 4.80. The Morgan fingerprint density at radius 3 is 2.71 bits per heavy atom. The van der Waals surface area contributed by atoms with Crippen molar-refractivity contribution in [2.45, 2.75) is 13.0 Å². The zero-order valence-corrected chi connectivity index (χ0v) is 16.6. The molecule has 4 rings (SSSR count). The van der Waals surface area contributed by atoms with Crippen LogP contribution in [0.2, 0.25) is 0 Å². The van der Waals surface area contributed by atoms with Crippen LogP contribution < -0.4 is 5.32 Å². The molecule has 6 nitrogen and oxygen atoms in total. The molecule has 0 saturated carbocycles. The predicted molar refractivity (Wildman–Crippen MR) is 112 cm³/mol. The molecule has 0 fully saturated rings. The quantitative estimate of drug-likeness (QED) is 0.490. The van der Waals surface area contributed by atoms with Crippen LogP contribution in [0, 0.1) is 0 Å². The lowest BCUT2D eigenvalue weighted by Gasteiger charge is -2.08. The Morgan fingerprint density at radius 2 is 1.89 bits per heavy atom. The Bertz CT molecular complexity index is 1090. The number of aromatic nitrogens is 4. The molecule has 4 aromatic rings. The number of rotatable bonds is 6. The Hall–Kier alpha value is -3.19. The summed E-state index contributed by atoms with van der Waals surface area (Å²) in [5, 5.41) is 11.6. The van der Waals surface area contributed by atoms with Gasteiger partial charge >= 0.3 is 0 Å². The van der Waals surface area contributed by atoms with Crippen molar-refractivity contribution in [3.05, 3.63) is 94.9 Å². The molecular formula is C21H18BrN5O. The maximum Gasteiger partial charge on any atom is 0.277 e. The van der Waals surface area contributed by atoms with E-state index in [4.69, 9.17) is 0 Å². The van der Waals surface area contributed by atoms with Crippen molar-refractivity contribution in [3.63, 3.8) is 0 Å². The van der Waals surface area contributed by atoms with Crippen LogP contribution in [0.1, 0.15) is 16.1 Å². The fraction of sp³-hybridized carbons (Fsp3) is 0.0952. The lowest BCUT2D eigenvalue weighted by Crippen LogP contribution is -2.17. The molecule has 0 unspecified atom stereocenters. The van der Waals surface area contributed by atoms with Gasteiger partial charge in [0, 0.05) is 23.3 Å². The summed E-state index contributed by atoms with van der Waals surface area (Å²) in [5.41, 5.74) is 2.44. The van der Waals surface area contributed by atoms with E-state index in [2.05, 4.69) is 43.6 Å². The van der Waals surface area contributed by atoms with Gasteiger partial charge in [-0.25, -0.2) is 9.36 Å². The summed E-state index contributed by atoms with van der Waals surface area (Å²) in [5.74, 6) is 0.383. The minimum atomic E-state index is -0.268. The Morgan fingerprint density at radius 1 is 1.04 bits per heavy atom. The summed E-state index contributed by atoms with van der Waals surface area (Å²) in [6, 6.07) is 21.4. The second-order valence-corrected chi connectivity index (χ2v) is 7.17. The van der Waals surface area contributed by atoms with Gasteiger partial charge in [0.15, 0.2) is 5.69 Å². The van der Waals surface area contributed by atoms with Crippen molar-refractivity contribution in [1.29, 1.82) is 0 Å². The Balaban J connectivity index is 1.44. The van der Waals surface area contributed by atoms with Crippen LogP contribution in [-0.2, 0) is 13.0 Å². The molecule has 0 aliphatic heterocycles. The van der Waals surface area contributed by atoms with Crippen LogP contribution in [0.4, 0.5) is 5.82 Å². The van der Waals surface area contributed by atoms with Gasteiger partial charge < -0.3 is 5.32 Å². The van der Waals surface area contributed by atoms with Crippen LogP contribution >= 0.6 is 15.9 Å². The molecule has 1 amide bonds. The van der Waals surface area contributed by atoms with Crippen molar-refractivity contribution in [3.8, 4) is 5.69 Å². The number of nitrogens with zero attached hydrogens (tertiary/aromatic N) is 4. The third kappa shape index (κ3) is 4.20. The van der Waals surface area contributed by atoms with Crippen molar-refractivity contribution in [2.75, 3.05) is 5.32 Å². The molecule has 0 aliphatic rings. The molecule has 0 bridgehead atoms. The largest absolute Gasteiger partial charge is 0.305 e. The summed E-state index contributed by atoms with van der Waals surface area (Å²) in [6.07, 6.45) is 4.28. The molecule has 2 aromatic heterocycles. The van der Waals surface area contributed by atoms with Gasteiger partial charge in [0.25, 0.3) is 5.91 Å². The number of carbonyl (C=O) groups is 1. The average Bonchev–Trinajstić information content (AvgIpc) is 3.37. The van der Waals surface area contributed by atoms with Gasteiger partial charge in [-0.3, -0.25) is 4.79 Å². The summed E-state index contributed by atoms with van der Waals surface area (Å²) < 4.78 is 4.41. The highest BCUT2D eigenvalue weighted by atomic mass is 79.9. The number of anilines is 1. The predicted octanol–water partition coefficient (Wildman–Crippen LogP) is 4.33. The van der Waals surface area contributed by atoms with E-state index in [1.54, 1.807) is 33.9 Å². The van der Waals surface area contributed by atoms with Crippen molar-refractivity contribution in [1.82, 2.24) is 19.6 Å². The first kappa shape index (κ1) is 18.2. The zero-order chi connectivity index (χ0) is 19.3. The first-order valence-electron chi connectivity index (χ1n) is 8.88. The van der Waals surface area contributed by atoms with E-state index in [9.17, 15) is 4.79 Å². The molecule has 0 saturated heterocycles. The van der Waals surface area contributed by atoms with E-state index >= 15 is 0 Å². The minimum Gasteiger partial charge on any atom is -0.305 e. The number of halogens is 1. The Labute approximate surface area is 170 Å². The Kier molecular flexibility index (Phi) is 5.34. The van der Waals surface area contributed by atoms with Crippen molar-refractivity contribution >= 4 is 27.7 Å². The maximum absolute atomic E-state index is 12.6. The van der Waals surface area contributed by atoms with Gasteiger partial charge in [0.1, 0.15) is 5.82 Å². The van der Waals surface area contributed by atoms with E-state index in [1.165, 1.54) is 5.56 Å². The van der Waals surface area contributed by atoms with E-state index in [0.717, 1.165) is 16.6 Å². The van der Waals surface area contributed by atoms with Crippen molar-refractivity contribution < 1.29 is 4.79 Å². The first-order chi connectivity index (χ1) is 13.7. The number of hydrogen-bond acceptors (Lipinski definition) is 3. The van der Waals surface area contributed by atoms with Gasteiger partial charge in [-0.2, -0.15) is 10.2 Å². The molecule has 0 radical (unpaired) electrons. The zero-order valence-electron chi connectivity index (χ0n) is 15.0. The monoisotopic (exact) mass is 435 g/mol. The molecule has 1 N–H and O–H groups in total. The normalized spacial score (nSPS) is 10.8. The molecule has 140 valence electrons. The van der Waals surface area contributed by atoms with E-state index in [0.29, 0.717) is 18.1 Å². The van der Waals surface area contributed by atoms with Gasteiger partial charge in [0.2, 0.25) is 0 Å². The molecule has 0 aliphatic carbocycles. The van der Waals surface area contributed by atoms with Gasteiger partial charge in [-0.1, -0.05) is 52.3 Å². The standard InChI is InChI=1S/C21H18BrN5O/c22-17-7-4-8-18(15-17)26-14-11-19(25-26)21(28)24-20-9-12-23-27(20)13-10-16-5-2-1-3-6-16/h1-9,11-12,14-15H,10,13H2,(H,24,28). The number of carbonyl (C=O) groups excluding carboxylic acids is 1. The summed E-state index contributed by atoms with van der Waals surface area (Å²) in [7, 11) is 0. The van der Waals surface area contributed by atoms with Crippen LogP contribution in [0.15, 0.2) is 83.6 Å². The number of hydrogen-bond donors (Lipinski definition) is 1.